The Balaban J connectivity index is 1.91. The number of rotatable bonds is 6. The lowest BCUT2D eigenvalue weighted by Gasteiger charge is -2.39. The SMILES string of the molecule is CCCC1CCC(CI)(OCc2ccccc2F)CC1. The molecule has 0 saturated heterocycles. The standard InChI is InChI=1S/C17H24FIO/c1-2-5-14-8-10-17(13-19,11-9-14)20-12-15-6-3-4-7-16(15)18/h3-4,6-7,14H,2,5,8-13H2,1H3. The van der Waals surface area contributed by atoms with Crippen LogP contribution in [0.5, 0.6) is 0 Å². The summed E-state index contributed by atoms with van der Waals surface area (Å²) in [6.45, 7) is 2.66. The molecule has 0 unspecified atom stereocenters. The number of benzene rings is 1. The Morgan fingerprint density at radius 3 is 2.60 bits per heavy atom. The summed E-state index contributed by atoms with van der Waals surface area (Å²) in [5.74, 6) is 0.712. The van der Waals surface area contributed by atoms with Gasteiger partial charge in [0.1, 0.15) is 5.82 Å². The topological polar surface area (TPSA) is 9.23 Å². The van der Waals surface area contributed by atoms with Gasteiger partial charge in [-0.25, -0.2) is 4.39 Å². The largest absolute Gasteiger partial charge is 0.369 e. The van der Waals surface area contributed by atoms with Gasteiger partial charge in [-0.2, -0.15) is 0 Å². The first-order valence-electron chi connectivity index (χ1n) is 7.62. The molecule has 0 aliphatic heterocycles. The van der Waals surface area contributed by atoms with Crippen molar-refractivity contribution in [3.63, 3.8) is 0 Å². The summed E-state index contributed by atoms with van der Waals surface area (Å²) in [6, 6.07) is 6.92. The smallest absolute Gasteiger partial charge is 0.128 e. The van der Waals surface area contributed by atoms with E-state index < -0.39 is 0 Å². The van der Waals surface area contributed by atoms with Crippen molar-refractivity contribution in [3.05, 3.63) is 35.6 Å². The van der Waals surface area contributed by atoms with Gasteiger partial charge in [-0.05, 0) is 37.7 Å². The molecule has 0 spiro atoms. The minimum atomic E-state index is -0.157. The van der Waals surface area contributed by atoms with Gasteiger partial charge in [0.25, 0.3) is 0 Å². The molecule has 0 amide bonds. The fraction of sp³-hybridized carbons (Fsp3) is 0.647. The molecule has 1 aliphatic carbocycles. The fourth-order valence-electron chi connectivity index (χ4n) is 3.06. The number of halogens is 2. The van der Waals surface area contributed by atoms with Crippen LogP contribution in [-0.2, 0) is 11.3 Å². The third kappa shape index (κ3) is 4.17. The second kappa shape index (κ2) is 7.74. The van der Waals surface area contributed by atoms with Gasteiger partial charge in [0.15, 0.2) is 0 Å². The van der Waals surface area contributed by atoms with Gasteiger partial charge in [-0.1, -0.05) is 60.6 Å². The van der Waals surface area contributed by atoms with E-state index in [1.54, 1.807) is 6.07 Å². The first-order valence-corrected chi connectivity index (χ1v) is 9.15. The quantitative estimate of drug-likeness (QED) is 0.460. The molecule has 0 radical (unpaired) electrons. The summed E-state index contributed by atoms with van der Waals surface area (Å²) < 4.78 is 20.8. The Morgan fingerprint density at radius 1 is 1.30 bits per heavy atom. The van der Waals surface area contributed by atoms with Crippen LogP contribution in [0.15, 0.2) is 24.3 Å². The van der Waals surface area contributed by atoms with Crippen molar-refractivity contribution in [1.82, 2.24) is 0 Å². The zero-order valence-corrected chi connectivity index (χ0v) is 14.4. The molecular formula is C17H24FIO. The molecule has 1 saturated carbocycles. The van der Waals surface area contributed by atoms with Crippen LogP contribution in [0.4, 0.5) is 4.39 Å². The third-order valence-electron chi connectivity index (χ3n) is 4.45. The summed E-state index contributed by atoms with van der Waals surface area (Å²) in [6.07, 6.45) is 7.37. The van der Waals surface area contributed by atoms with Gasteiger partial charge in [0, 0.05) is 9.99 Å². The molecule has 20 heavy (non-hydrogen) atoms. The van der Waals surface area contributed by atoms with Crippen LogP contribution in [0.2, 0.25) is 0 Å². The molecule has 1 fully saturated rings. The molecule has 0 N–H and O–H groups in total. The molecular weight excluding hydrogens is 366 g/mol. The summed E-state index contributed by atoms with van der Waals surface area (Å²) in [7, 11) is 0. The van der Waals surface area contributed by atoms with E-state index in [-0.39, 0.29) is 11.4 Å². The highest BCUT2D eigenvalue weighted by Gasteiger charge is 2.35. The normalized spacial score (nSPS) is 26.6. The number of ether oxygens (including phenoxy) is 1. The van der Waals surface area contributed by atoms with E-state index in [2.05, 4.69) is 29.5 Å². The van der Waals surface area contributed by atoms with Crippen molar-refractivity contribution in [3.8, 4) is 0 Å². The zero-order chi connectivity index (χ0) is 14.4. The van der Waals surface area contributed by atoms with E-state index in [1.165, 1.54) is 31.7 Å². The van der Waals surface area contributed by atoms with Crippen molar-refractivity contribution in [2.45, 2.75) is 57.7 Å². The van der Waals surface area contributed by atoms with Gasteiger partial charge in [0.2, 0.25) is 0 Å². The van der Waals surface area contributed by atoms with E-state index in [4.69, 9.17) is 4.74 Å². The Labute approximate surface area is 135 Å². The second-order valence-corrected chi connectivity index (χ2v) is 6.69. The maximum absolute atomic E-state index is 13.7. The lowest BCUT2D eigenvalue weighted by Crippen LogP contribution is -2.38. The van der Waals surface area contributed by atoms with Crippen molar-refractivity contribution >= 4 is 22.6 Å². The van der Waals surface area contributed by atoms with Crippen molar-refractivity contribution in [2.75, 3.05) is 4.43 Å². The molecule has 0 heterocycles. The number of alkyl halides is 1. The molecule has 1 aromatic carbocycles. The molecule has 0 atom stereocenters. The van der Waals surface area contributed by atoms with Crippen LogP contribution < -0.4 is 0 Å². The molecule has 1 nitrogen and oxygen atoms in total. The maximum Gasteiger partial charge on any atom is 0.128 e. The highest BCUT2D eigenvalue weighted by Crippen LogP contribution is 2.38. The molecule has 2 rings (SSSR count). The van der Waals surface area contributed by atoms with Crippen LogP contribution in [0.3, 0.4) is 0 Å². The monoisotopic (exact) mass is 390 g/mol. The summed E-state index contributed by atoms with van der Waals surface area (Å²) in [4.78, 5) is 0. The van der Waals surface area contributed by atoms with E-state index in [9.17, 15) is 4.39 Å². The third-order valence-corrected chi connectivity index (χ3v) is 5.84. The van der Waals surface area contributed by atoms with Crippen molar-refractivity contribution in [1.29, 1.82) is 0 Å². The highest BCUT2D eigenvalue weighted by molar-refractivity contribution is 14.1. The maximum atomic E-state index is 13.7. The zero-order valence-electron chi connectivity index (χ0n) is 12.2. The van der Waals surface area contributed by atoms with Crippen molar-refractivity contribution in [2.24, 2.45) is 5.92 Å². The van der Waals surface area contributed by atoms with Crippen LogP contribution in [0.25, 0.3) is 0 Å². The number of hydrogen-bond acceptors (Lipinski definition) is 1. The van der Waals surface area contributed by atoms with E-state index >= 15 is 0 Å². The van der Waals surface area contributed by atoms with Gasteiger partial charge in [0.05, 0.1) is 12.2 Å². The highest BCUT2D eigenvalue weighted by atomic mass is 127. The van der Waals surface area contributed by atoms with Crippen LogP contribution in [-0.4, -0.2) is 10.0 Å². The minimum absolute atomic E-state index is 0.0346. The van der Waals surface area contributed by atoms with Crippen LogP contribution in [0, 0.1) is 11.7 Å². The molecule has 112 valence electrons. The first-order chi connectivity index (χ1) is 9.69. The minimum Gasteiger partial charge on any atom is -0.369 e. The first kappa shape index (κ1) is 16.2. The van der Waals surface area contributed by atoms with E-state index in [0.717, 1.165) is 23.2 Å². The molecule has 0 bridgehead atoms. The lowest BCUT2D eigenvalue weighted by atomic mass is 9.78. The Hall–Kier alpha value is -0.160. The molecule has 1 aromatic rings. The van der Waals surface area contributed by atoms with E-state index in [1.807, 2.05) is 12.1 Å². The van der Waals surface area contributed by atoms with Gasteiger partial charge in [-0.3, -0.25) is 0 Å². The Morgan fingerprint density at radius 2 is 2.00 bits per heavy atom. The summed E-state index contributed by atoms with van der Waals surface area (Å²) >= 11 is 2.42. The molecule has 3 heteroatoms. The van der Waals surface area contributed by atoms with Crippen LogP contribution >= 0.6 is 22.6 Å². The van der Waals surface area contributed by atoms with Gasteiger partial charge >= 0.3 is 0 Å². The lowest BCUT2D eigenvalue weighted by molar-refractivity contribution is -0.0701. The number of hydrogen-bond donors (Lipinski definition) is 0. The second-order valence-electron chi connectivity index (χ2n) is 5.93. The Bertz CT molecular complexity index is 413. The molecule has 0 aromatic heterocycles. The van der Waals surface area contributed by atoms with Gasteiger partial charge in [-0.15, -0.1) is 0 Å². The van der Waals surface area contributed by atoms with Crippen LogP contribution in [0.1, 0.15) is 51.0 Å². The predicted octanol–water partition coefficient (Wildman–Crippen LogP) is 5.51. The summed E-state index contributed by atoms with van der Waals surface area (Å²) in [5, 5.41) is 0. The average Bonchev–Trinajstić information content (AvgIpc) is 2.49. The predicted molar refractivity (Wildman–Crippen MR) is 89.7 cm³/mol. The van der Waals surface area contributed by atoms with Gasteiger partial charge < -0.3 is 4.74 Å². The van der Waals surface area contributed by atoms with Crippen molar-refractivity contribution < 1.29 is 9.13 Å². The fourth-order valence-corrected chi connectivity index (χ4v) is 4.05. The molecule has 1 aliphatic rings. The summed E-state index contributed by atoms with van der Waals surface area (Å²) in [5.41, 5.74) is 0.639. The average molecular weight is 390 g/mol. The van der Waals surface area contributed by atoms with E-state index in [0.29, 0.717) is 12.2 Å². The Kier molecular flexibility index (Phi) is 6.27.